The Kier molecular flexibility index (Phi) is 2.35. The molecule has 1 fully saturated rings. The van der Waals surface area contributed by atoms with Crippen molar-refractivity contribution in [3.05, 3.63) is 18.0 Å². The summed E-state index contributed by atoms with van der Waals surface area (Å²) in [6.07, 6.45) is 5.14. The van der Waals surface area contributed by atoms with E-state index in [0.29, 0.717) is 12.6 Å². The van der Waals surface area contributed by atoms with E-state index in [0.717, 1.165) is 19.3 Å². The molecule has 0 spiro atoms. The Balaban J connectivity index is 2.12. The van der Waals surface area contributed by atoms with E-state index in [1.165, 1.54) is 5.69 Å². The van der Waals surface area contributed by atoms with Crippen LogP contribution in [0.1, 0.15) is 38.4 Å². The molecule has 0 aliphatic heterocycles. The van der Waals surface area contributed by atoms with Gasteiger partial charge in [0.05, 0.1) is 0 Å². The van der Waals surface area contributed by atoms with Gasteiger partial charge in [0.2, 0.25) is 0 Å². The molecular formula is C11H18N2O. The summed E-state index contributed by atoms with van der Waals surface area (Å²) in [5.41, 5.74) is 1.44. The molecule has 1 heterocycles. The van der Waals surface area contributed by atoms with Gasteiger partial charge in [-0.3, -0.25) is 4.68 Å². The first-order valence-electron chi connectivity index (χ1n) is 5.30. The molecule has 0 unspecified atom stereocenters. The number of nitrogens with zero attached hydrogens (tertiary/aromatic N) is 2. The zero-order chi connectivity index (χ0) is 10.2. The fourth-order valence-electron chi connectivity index (χ4n) is 1.90. The molecule has 1 saturated carbocycles. The fraction of sp³-hybridized carbons (Fsp3) is 0.727. The van der Waals surface area contributed by atoms with Crippen molar-refractivity contribution in [1.29, 1.82) is 0 Å². The van der Waals surface area contributed by atoms with Crippen molar-refractivity contribution in [3.8, 4) is 0 Å². The highest BCUT2D eigenvalue weighted by molar-refractivity contribution is 5.09. The zero-order valence-corrected chi connectivity index (χ0v) is 8.90. The van der Waals surface area contributed by atoms with Crippen LogP contribution in [-0.2, 0) is 6.42 Å². The van der Waals surface area contributed by atoms with Crippen LogP contribution in [-0.4, -0.2) is 21.5 Å². The lowest BCUT2D eigenvalue weighted by molar-refractivity contribution is 0.208. The van der Waals surface area contributed by atoms with Gasteiger partial charge in [-0.05, 0) is 44.6 Å². The van der Waals surface area contributed by atoms with E-state index in [1.54, 1.807) is 0 Å². The van der Waals surface area contributed by atoms with Gasteiger partial charge in [-0.1, -0.05) is 0 Å². The monoisotopic (exact) mass is 194 g/mol. The molecule has 14 heavy (non-hydrogen) atoms. The quantitative estimate of drug-likeness (QED) is 0.793. The molecule has 0 atom stereocenters. The number of aliphatic hydroxyl groups excluding tert-OH is 1. The Labute approximate surface area is 84.7 Å². The van der Waals surface area contributed by atoms with Gasteiger partial charge in [0.1, 0.15) is 0 Å². The summed E-state index contributed by atoms with van der Waals surface area (Å²) in [5.74, 6) is 0. The van der Waals surface area contributed by atoms with Crippen LogP contribution in [0.4, 0.5) is 0 Å². The van der Waals surface area contributed by atoms with Gasteiger partial charge in [-0.25, -0.2) is 0 Å². The first-order valence-corrected chi connectivity index (χ1v) is 5.30. The number of aliphatic hydroxyl groups is 1. The molecule has 2 rings (SSSR count). The van der Waals surface area contributed by atoms with Crippen LogP contribution >= 0.6 is 0 Å². The van der Waals surface area contributed by atoms with E-state index in [-0.39, 0.29) is 5.41 Å². The summed E-state index contributed by atoms with van der Waals surface area (Å²) < 4.78 is 2.05. The molecular weight excluding hydrogens is 176 g/mol. The topological polar surface area (TPSA) is 38.0 Å². The third-order valence-corrected chi connectivity index (χ3v) is 3.09. The molecule has 0 saturated heterocycles. The molecule has 1 aromatic rings. The molecule has 3 nitrogen and oxygen atoms in total. The SMILES string of the molecule is CC(C)n1nccc1CC1(CO)CC1. The Morgan fingerprint density at radius 2 is 2.29 bits per heavy atom. The van der Waals surface area contributed by atoms with Crippen LogP contribution in [0, 0.1) is 5.41 Å². The molecule has 0 amide bonds. The van der Waals surface area contributed by atoms with Gasteiger partial charge in [0.15, 0.2) is 0 Å². The fourth-order valence-corrected chi connectivity index (χ4v) is 1.90. The minimum absolute atomic E-state index is 0.187. The van der Waals surface area contributed by atoms with E-state index < -0.39 is 0 Å². The Hall–Kier alpha value is -0.830. The third kappa shape index (κ3) is 1.69. The molecule has 1 aromatic heterocycles. The Morgan fingerprint density at radius 3 is 2.79 bits per heavy atom. The second-order valence-corrected chi connectivity index (χ2v) is 4.70. The molecule has 1 N–H and O–H groups in total. The standard InChI is InChI=1S/C11H18N2O/c1-9(2)13-10(3-6-12-13)7-11(8-14)4-5-11/h3,6,9,14H,4-5,7-8H2,1-2H3. The van der Waals surface area contributed by atoms with Crippen LogP contribution in [0.15, 0.2) is 12.3 Å². The first-order chi connectivity index (χ1) is 6.67. The van der Waals surface area contributed by atoms with E-state index in [1.807, 2.05) is 6.20 Å². The summed E-state index contributed by atoms with van der Waals surface area (Å²) in [6, 6.07) is 2.48. The maximum atomic E-state index is 9.26. The van der Waals surface area contributed by atoms with Crippen molar-refractivity contribution >= 4 is 0 Å². The maximum absolute atomic E-state index is 9.26. The Morgan fingerprint density at radius 1 is 1.57 bits per heavy atom. The van der Waals surface area contributed by atoms with Crippen molar-refractivity contribution in [2.24, 2.45) is 5.41 Å². The second-order valence-electron chi connectivity index (χ2n) is 4.70. The van der Waals surface area contributed by atoms with E-state index in [4.69, 9.17) is 0 Å². The van der Waals surface area contributed by atoms with Crippen molar-refractivity contribution in [1.82, 2.24) is 9.78 Å². The second kappa shape index (κ2) is 3.39. The van der Waals surface area contributed by atoms with Crippen LogP contribution in [0.2, 0.25) is 0 Å². The van der Waals surface area contributed by atoms with Crippen molar-refractivity contribution in [2.75, 3.05) is 6.61 Å². The van der Waals surface area contributed by atoms with Crippen LogP contribution in [0.5, 0.6) is 0 Å². The normalized spacial score (nSPS) is 18.9. The number of aromatic nitrogens is 2. The van der Waals surface area contributed by atoms with Gasteiger partial charge in [0.25, 0.3) is 0 Å². The number of rotatable bonds is 4. The summed E-state index contributed by atoms with van der Waals surface area (Å²) in [5, 5.41) is 13.6. The Bertz CT molecular complexity index is 313. The van der Waals surface area contributed by atoms with Crippen LogP contribution in [0.3, 0.4) is 0 Å². The smallest absolute Gasteiger partial charge is 0.0492 e. The first kappa shape index (κ1) is 9.71. The predicted molar refractivity (Wildman–Crippen MR) is 55.1 cm³/mol. The van der Waals surface area contributed by atoms with E-state index in [2.05, 4.69) is 29.7 Å². The van der Waals surface area contributed by atoms with Gasteiger partial charge < -0.3 is 5.11 Å². The number of hydrogen-bond acceptors (Lipinski definition) is 2. The van der Waals surface area contributed by atoms with Crippen molar-refractivity contribution in [2.45, 2.75) is 39.2 Å². The molecule has 0 aromatic carbocycles. The van der Waals surface area contributed by atoms with E-state index in [9.17, 15) is 5.11 Å². The molecule has 0 radical (unpaired) electrons. The molecule has 1 aliphatic rings. The minimum Gasteiger partial charge on any atom is -0.396 e. The summed E-state index contributed by atoms with van der Waals surface area (Å²) in [7, 11) is 0. The third-order valence-electron chi connectivity index (χ3n) is 3.09. The lowest BCUT2D eigenvalue weighted by atomic mass is 10.0. The minimum atomic E-state index is 0.187. The van der Waals surface area contributed by atoms with Gasteiger partial charge in [-0.2, -0.15) is 5.10 Å². The highest BCUT2D eigenvalue weighted by Gasteiger charge is 2.42. The summed E-state index contributed by atoms with van der Waals surface area (Å²) >= 11 is 0. The lowest BCUT2D eigenvalue weighted by Gasteiger charge is -2.15. The average molecular weight is 194 g/mol. The highest BCUT2D eigenvalue weighted by Crippen LogP contribution is 2.47. The molecule has 78 valence electrons. The van der Waals surface area contributed by atoms with Crippen LogP contribution < -0.4 is 0 Å². The zero-order valence-electron chi connectivity index (χ0n) is 8.90. The highest BCUT2D eigenvalue weighted by atomic mass is 16.3. The average Bonchev–Trinajstić information content (AvgIpc) is 2.76. The molecule has 1 aliphatic carbocycles. The van der Waals surface area contributed by atoms with Gasteiger partial charge in [-0.15, -0.1) is 0 Å². The molecule has 0 bridgehead atoms. The predicted octanol–water partition coefficient (Wildman–Crippen LogP) is 1.78. The van der Waals surface area contributed by atoms with Crippen molar-refractivity contribution < 1.29 is 5.11 Å². The summed E-state index contributed by atoms with van der Waals surface area (Å²) in [6.45, 7) is 4.58. The van der Waals surface area contributed by atoms with Gasteiger partial charge in [0, 0.05) is 24.5 Å². The maximum Gasteiger partial charge on any atom is 0.0492 e. The van der Waals surface area contributed by atoms with Crippen molar-refractivity contribution in [3.63, 3.8) is 0 Å². The largest absolute Gasteiger partial charge is 0.396 e. The van der Waals surface area contributed by atoms with Gasteiger partial charge >= 0.3 is 0 Å². The van der Waals surface area contributed by atoms with Crippen LogP contribution in [0.25, 0.3) is 0 Å². The summed E-state index contributed by atoms with van der Waals surface area (Å²) in [4.78, 5) is 0. The number of hydrogen-bond donors (Lipinski definition) is 1. The molecule has 3 heteroatoms. The van der Waals surface area contributed by atoms with E-state index >= 15 is 0 Å². The lowest BCUT2D eigenvalue weighted by Crippen LogP contribution is -2.15.